The highest BCUT2D eigenvalue weighted by molar-refractivity contribution is 6.09. The summed E-state index contributed by atoms with van der Waals surface area (Å²) < 4.78 is 21.4. The van der Waals surface area contributed by atoms with Crippen LogP contribution in [0.5, 0.6) is 0 Å². The number of benzene rings is 2. The van der Waals surface area contributed by atoms with Gasteiger partial charge in [-0.1, -0.05) is 32.9 Å². The van der Waals surface area contributed by atoms with Gasteiger partial charge in [0.1, 0.15) is 17.2 Å². The Balaban J connectivity index is 0.00000248. The van der Waals surface area contributed by atoms with E-state index >= 15 is 4.39 Å². The Bertz CT molecular complexity index is 1580. The second kappa shape index (κ2) is 13.6. The summed E-state index contributed by atoms with van der Waals surface area (Å²) in [5, 5.41) is 5.78. The molecule has 3 aromatic rings. The van der Waals surface area contributed by atoms with Crippen molar-refractivity contribution in [3.63, 3.8) is 0 Å². The minimum atomic E-state index is -0.654. The first kappa shape index (κ1) is 33.0. The Morgan fingerprint density at radius 3 is 2.35 bits per heavy atom. The zero-order valence-corrected chi connectivity index (χ0v) is 26.0. The topological polar surface area (TPSA) is 113 Å². The van der Waals surface area contributed by atoms with Gasteiger partial charge in [-0.15, -0.1) is 0 Å². The fourth-order valence-electron chi connectivity index (χ4n) is 4.60. The Morgan fingerprint density at radius 2 is 1.81 bits per heavy atom. The number of anilines is 5. The van der Waals surface area contributed by atoms with Crippen LogP contribution in [0.15, 0.2) is 47.3 Å². The number of carbonyl (C=O) groups is 3. The van der Waals surface area contributed by atoms with Crippen molar-refractivity contribution >= 4 is 46.8 Å². The number of rotatable bonds is 9. The molecule has 230 valence electrons. The quantitative estimate of drug-likeness (QED) is 0.333. The maximum atomic E-state index is 15.0. The molecule has 0 aliphatic carbocycles. The first-order valence-corrected chi connectivity index (χ1v) is 14.2. The Kier molecular flexibility index (Phi) is 10.5. The van der Waals surface area contributed by atoms with Gasteiger partial charge in [0.05, 0.1) is 35.7 Å². The van der Waals surface area contributed by atoms with Crippen molar-refractivity contribution in [3.8, 4) is 0 Å². The smallest absolute Gasteiger partial charge is 0.259 e. The molecule has 0 unspecified atom stereocenters. The number of hydrogen-bond donors (Lipinski definition) is 2. The molecular formula is C32H40FN5O5. The molecule has 0 saturated carbocycles. The normalized spacial score (nSPS) is 13.1. The third kappa shape index (κ3) is 6.61. The molecule has 2 N–H and O–H groups in total. The molecule has 43 heavy (non-hydrogen) atoms. The number of amides is 3. The van der Waals surface area contributed by atoms with Gasteiger partial charge in [-0.3, -0.25) is 28.6 Å². The number of ether oxygens (including phenoxy) is 1. The largest absolute Gasteiger partial charge is 0.379 e. The van der Waals surface area contributed by atoms with Gasteiger partial charge in [0, 0.05) is 32.4 Å². The molecule has 0 atom stereocenters. The molecule has 2 aromatic carbocycles. The van der Waals surface area contributed by atoms with Crippen LogP contribution in [-0.4, -0.2) is 55.0 Å². The first-order valence-electron chi connectivity index (χ1n) is 14.2. The standard InChI is InChI=1S/C30H34FN5O5.C2H6/c1-7-19-11-12-23(22(31)13-19)33-26-24(28(39)34(4)5)25(18(2)27(38)35(26)6)36(17-37)21-10-8-9-20(14-21)32-29(40)30(3)15-41-16-30;1-2/h8-14,17,33H,7,15-16H2,1-6H3,(H,32,40);1-2H3. The SMILES string of the molecule is CC.CCc1ccc(Nc2c(C(=O)N(C)C)c(N(C=O)c3cccc(NC(=O)C4(C)COC4)c3)c(C)c(=O)n2C)c(F)c1. The molecule has 1 aliphatic rings. The number of nitrogens with zero attached hydrogens (tertiary/aromatic N) is 3. The number of halogens is 1. The molecule has 3 amide bonds. The van der Waals surface area contributed by atoms with Gasteiger partial charge in [0.15, 0.2) is 0 Å². The maximum Gasteiger partial charge on any atom is 0.259 e. The molecule has 4 rings (SSSR count). The Morgan fingerprint density at radius 1 is 1.14 bits per heavy atom. The van der Waals surface area contributed by atoms with Crippen LogP contribution in [0, 0.1) is 18.2 Å². The molecule has 0 bridgehead atoms. The van der Waals surface area contributed by atoms with Crippen molar-refractivity contribution in [1.29, 1.82) is 0 Å². The van der Waals surface area contributed by atoms with Gasteiger partial charge in [-0.25, -0.2) is 4.39 Å². The van der Waals surface area contributed by atoms with Crippen molar-refractivity contribution in [2.24, 2.45) is 12.5 Å². The van der Waals surface area contributed by atoms with Crippen molar-refractivity contribution in [3.05, 3.63) is 75.3 Å². The summed E-state index contributed by atoms with van der Waals surface area (Å²) in [6.45, 7) is 9.83. The Hall–Kier alpha value is -4.51. The summed E-state index contributed by atoms with van der Waals surface area (Å²) in [6.07, 6.45) is 1.13. The zero-order valence-electron chi connectivity index (χ0n) is 26.0. The number of pyridine rings is 1. The van der Waals surface area contributed by atoms with Crippen LogP contribution < -0.4 is 21.1 Å². The molecule has 1 aliphatic heterocycles. The highest BCUT2D eigenvalue weighted by Crippen LogP contribution is 2.37. The lowest BCUT2D eigenvalue weighted by Crippen LogP contribution is -2.49. The third-order valence-corrected chi connectivity index (χ3v) is 7.22. The van der Waals surface area contributed by atoms with Crippen LogP contribution in [0.3, 0.4) is 0 Å². The van der Waals surface area contributed by atoms with Crippen molar-refractivity contribution in [1.82, 2.24) is 9.47 Å². The molecule has 1 fully saturated rings. The van der Waals surface area contributed by atoms with E-state index in [1.807, 2.05) is 20.8 Å². The fraction of sp³-hybridized carbons (Fsp3) is 0.375. The first-order chi connectivity index (χ1) is 20.4. The van der Waals surface area contributed by atoms with E-state index in [1.165, 1.54) is 34.4 Å². The van der Waals surface area contributed by atoms with E-state index < -0.39 is 22.7 Å². The molecule has 1 saturated heterocycles. The van der Waals surface area contributed by atoms with Crippen molar-refractivity contribution in [2.45, 2.75) is 41.0 Å². The van der Waals surface area contributed by atoms with E-state index in [0.717, 1.165) is 5.56 Å². The Labute approximate surface area is 251 Å². The van der Waals surface area contributed by atoms with E-state index in [9.17, 15) is 19.2 Å². The lowest BCUT2D eigenvalue weighted by atomic mass is 9.87. The predicted octanol–water partition coefficient (Wildman–Crippen LogP) is 5.14. The second-order valence-corrected chi connectivity index (χ2v) is 10.6. The molecule has 2 heterocycles. The molecule has 11 heteroatoms. The number of carbonyl (C=O) groups excluding carboxylic acids is 3. The van der Waals surface area contributed by atoms with Gasteiger partial charge in [-0.2, -0.15) is 0 Å². The van der Waals surface area contributed by atoms with E-state index in [4.69, 9.17) is 4.74 Å². The number of nitrogens with one attached hydrogen (secondary N) is 2. The van der Waals surface area contributed by atoms with Gasteiger partial charge < -0.3 is 20.3 Å². The van der Waals surface area contributed by atoms with Crippen LogP contribution in [0.25, 0.3) is 0 Å². The monoisotopic (exact) mass is 593 g/mol. The van der Waals surface area contributed by atoms with Gasteiger partial charge in [-0.05, 0) is 56.2 Å². The fourth-order valence-corrected chi connectivity index (χ4v) is 4.60. The molecular weight excluding hydrogens is 553 g/mol. The average molecular weight is 594 g/mol. The van der Waals surface area contributed by atoms with Gasteiger partial charge in [0.2, 0.25) is 12.3 Å². The van der Waals surface area contributed by atoms with E-state index in [0.29, 0.717) is 37.4 Å². The summed E-state index contributed by atoms with van der Waals surface area (Å²) >= 11 is 0. The lowest BCUT2D eigenvalue weighted by molar-refractivity contribution is -0.151. The van der Waals surface area contributed by atoms with Crippen molar-refractivity contribution < 1.29 is 23.5 Å². The molecule has 10 nitrogen and oxygen atoms in total. The second-order valence-electron chi connectivity index (χ2n) is 10.6. The highest BCUT2D eigenvalue weighted by atomic mass is 19.1. The summed E-state index contributed by atoms with van der Waals surface area (Å²) in [4.78, 5) is 55.0. The van der Waals surface area contributed by atoms with Crippen LogP contribution in [0.4, 0.5) is 33.0 Å². The summed E-state index contributed by atoms with van der Waals surface area (Å²) in [5.41, 5.74) is 0.603. The minimum absolute atomic E-state index is 0.00534. The average Bonchev–Trinajstić information content (AvgIpc) is 2.98. The van der Waals surface area contributed by atoms with E-state index in [1.54, 1.807) is 57.4 Å². The maximum absolute atomic E-state index is 15.0. The number of aryl methyl sites for hydroxylation is 1. The molecule has 0 radical (unpaired) electrons. The zero-order chi connectivity index (χ0) is 32.1. The van der Waals surface area contributed by atoms with Crippen molar-refractivity contribution in [2.75, 3.05) is 42.8 Å². The van der Waals surface area contributed by atoms with Crippen LogP contribution in [0.1, 0.15) is 49.2 Å². The lowest BCUT2D eigenvalue weighted by Gasteiger charge is -2.36. The van der Waals surface area contributed by atoms with Crippen LogP contribution in [-0.2, 0) is 27.8 Å². The van der Waals surface area contributed by atoms with Gasteiger partial charge in [0.25, 0.3) is 11.5 Å². The highest BCUT2D eigenvalue weighted by Gasteiger charge is 2.41. The van der Waals surface area contributed by atoms with E-state index in [2.05, 4.69) is 10.6 Å². The number of hydrogen-bond acceptors (Lipinski definition) is 6. The van der Waals surface area contributed by atoms with Crippen LogP contribution >= 0.6 is 0 Å². The minimum Gasteiger partial charge on any atom is -0.379 e. The van der Waals surface area contributed by atoms with Gasteiger partial charge >= 0.3 is 0 Å². The molecule has 0 spiro atoms. The summed E-state index contributed by atoms with van der Waals surface area (Å²) in [6, 6.07) is 11.2. The van der Waals surface area contributed by atoms with Crippen LogP contribution in [0.2, 0.25) is 0 Å². The van der Waals surface area contributed by atoms with E-state index in [-0.39, 0.29) is 34.2 Å². The predicted molar refractivity (Wildman–Crippen MR) is 167 cm³/mol. The number of aromatic nitrogens is 1. The summed E-state index contributed by atoms with van der Waals surface area (Å²) in [5.74, 6) is -1.27. The third-order valence-electron chi connectivity index (χ3n) is 7.22. The molecule has 1 aromatic heterocycles. The summed E-state index contributed by atoms with van der Waals surface area (Å²) in [7, 11) is 4.55.